The van der Waals surface area contributed by atoms with Gasteiger partial charge in [-0.15, -0.1) is 0 Å². The highest BCUT2D eigenvalue weighted by atomic mass is 15.2. The maximum Gasteiger partial charge on any atom is 0.156 e. The fraction of sp³-hybridized carbons (Fsp3) is 0.143. The molecule has 1 aliphatic rings. The highest BCUT2D eigenvalue weighted by molar-refractivity contribution is 5.72. The summed E-state index contributed by atoms with van der Waals surface area (Å²) >= 11 is 0. The van der Waals surface area contributed by atoms with Crippen molar-refractivity contribution in [2.24, 2.45) is 0 Å². The van der Waals surface area contributed by atoms with Gasteiger partial charge in [0.2, 0.25) is 0 Å². The average Bonchev–Trinajstić information content (AvgIpc) is 3.04. The predicted octanol–water partition coefficient (Wildman–Crippen LogP) is 2.48. The second-order valence-corrected chi connectivity index (χ2v) is 4.56. The summed E-state index contributed by atoms with van der Waals surface area (Å²) in [5, 5.41) is 0. The number of H-pyrrole nitrogens is 1. The number of aromatic nitrogens is 3. The molecule has 0 aliphatic carbocycles. The van der Waals surface area contributed by atoms with Crippen molar-refractivity contribution in [3.8, 4) is 0 Å². The van der Waals surface area contributed by atoms with Gasteiger partial charge in [0.25, 0.3) is 0 Å². The van der Waals surface area contributed by atoms with Crippen LogP contribution in [-0.2, 0) is 13.1 Å². The largest absolute Gasteiger partial charge is 0.347 e. The number of hydrogen-bond donors (Lipinski definition) is 1. The molecule has 0 amide bonds. The Labute approximate surface area is 104 Å². The van der Waals surface area contributed by atoms with Gasteiger partial charge in [0.1, 0.15) is 11.3 Å². The zero-order valence-corrected chi connectivity index (χ0v) is 9.80. The monoisotopic (exact) mass is 236 g/mol. The Kier molecular flexibility index (Phi) is 1.91. The van der Waals surface area contributed by atoms with Crippen LogP contribution in [0.2, 0.25) is 0 Å². The van der Waals surface area contributed by atoms with Crippen LogP contribution in [0.15, 0.2) is 42.7 Å². The second-order valence-electron chi connectivity index (χ2n) is 4.56. The molecule has 1 N–H and O–H groups in total. The summed E-state index contributed by atoms with van der Waals surface area (Å²) in [4.78, 5) is 14.3. The van der Waals surface area contributed by atoms with Crippen molar-refractivity contribution in [2.45, 2.75) is 13.1 Å². The van der Waals surface area contributed by atoms with Crippen LogP contribution in [0.3, 0.4) is 0 Å². The van der Waals surface area contributed by atoms with Gasteiger partial charge in [0, 0.05) is 19.3 Å². The number of nitrogens with zero attached hydrogens (tertiary/aromatic N) is 3. The number of rotatable bonds is 1. The van der Waals surface area contributed by atoms with E-state index in [2.05, 4.69) is 44.1 Å². The molecule has 88 valence electrons. The van der Waals surface area contributed by atoms with Crippen LogP contribution in [0.5, 0.6) is 0 Å². The van der Waals surface area contributed by atoms with Gasteiger partial charge in [-0.05, 0) is 17.2 Å². The zero-order valence-electron chi connectivity index (χ0n) is 9.80. The van der Waals surface area contributed by atoms with Gasteiger partial charge in [-0.3, -0.25) is 0 Å². The number of aromatic amines is 1. The first-order chi connectivity index (χ1) is 8.90. The smallest absolute Gasteiger partial charge is 0.156 e. The molecule has 3 aromatic rings. The van der Waals surface area contributed by atoms with E-state index in [9.17, 15) is 0 Å². The number of fused-ring (bicyclic) bond motifs is 2. The van der Waals surface area contributed by atoms with Crippen LogP contribution in [0.4, 0.5) is 5.82 Å². The Hall–Kier alpha value is -2.36. The van der Waals surface area contributed by atoms with Crippen LogP contribution >= 0.6 is 0 Å². The lowest BCUT2D eigenvalue weighted by Crippen LogP contribution is -2.16. The first-order valence-corrected chi connectivity index (χ1v) is 6.02. The summed E-state index contributed by atoms with van der Waals surface area (Å²) in [6, 6.07) is 10.5. The summed E-state index contributed by atoms with van der Waals surface area (Å²) in [7, 11) is 0. The van der Waals surface area contributed by atoms with Gasteiger partial charge in [-0.2, -0.15) is 0 Å². The fourth-order valence-electron chi connectivity index (χ4n) is 2.47. The lowest BCUT2D eigenvalue weighted by Gasteiger charge is -2.15. The van der Waals surface area contributed by atoms with E-state index in [1.165, 1.54) is 11.1 Å². The maximum atomic E-state index is 4.63. The Morgan fingerprint density at radius 3 is 2.61 bits per heavy atom. The van der Waals surface area contributed by atoms with Crippen LogP contribution in [0, 0.1) is 0 Å². The molecule has 0 spiro atoms. The van der Waals surface area contributed by atoms with Crippen molar-refractivity contribution >= 4 is 17.0 Å². The van der Waals surface area contributed by atoms with Crippen molar-refractivity contribution in [3.05, 3.63) is 53.9 Å². The Balaban J connectivity index is 1.73. The van der Waals surface area contributed by atoms with Gasteiger partial charge in [-0.25, -0.2) is 9.97 Å². The third-order valence-electron chi connectivity index (χ3n) is 3.41. The van der Waals surface area contributed by atoms with Crippen molar-refractivity contribution in [3.63, 3.8) is 0 Å². The quantitative estimate of drug-likeness (QED) is 0.706. The Morgan fingerprint density at radius 1 is 1.06 bits per heavy atom. The van der Waals surface area contributed by atoms with E-state index in [1.54, 1.807) is 0 Å². The lowest BCUT2D eigenvalue weighted by molar-refractivity contribution is 0.856. The molecule has 0 atom stereocenters. The van der Waals surface area contributed by atoms with Crippen LogP contribution in [0.25, 0.3) is 11.2 Å². The first kappa shape index (κ1) is 9.65. The number of hydrogen-bond acceptors (Lipinski definition) is 3. The second kappa shape index (κ2) is 3.57. The topological polar surface area (TPSA) is 44.8 Å². The van der Waals surface area contributed by atoms with E-state index in [0.29, 0.717) is 0 Å². The number of benzene rings is 1. The van der Waals surface area contributed by atoms with Gasteiger partial charge in [0.05, 0.1) is 6.20 Å². The molecular formula is C14H12N4. The van der Waals surface area contributed by atoms with Crippen LogP contribution in [0.1, 0.15) is 11.1 Å². The van der Waals surface area contributed by atoms with Gasteiger partial charge >= 0.3 is 0 Å². The average molecular weight is 236 g/mol. The van der Waals surface area contributed by atoms with Crippen molar-refractivity contribution in [2.75, 3.05) is 4.90 Å². The molecular weight excluding hydrogens is 224 g/mol. The molecule has 0 radical (unpaired) electrons. The summed E-state index contributed by atoms with van der Waals surface area (Å²) in [6.45, 7) is 1.83. The predicted molar refractivity (Wildman–Crippen MR) is 70.2 cm³/mol. The molecule has 2 aromatic heterocycles. The van der Waals surface area contributed by atoms with E-state index in [4.69, 9.17) is 0 Å². The zero-order chi connectivity index (χ0) is 11.9. The van der Waals surface area contributed by atoms with Crippen LogP contribution in [-0.4, -0.2) is 15.0 Å². The molecule has 0 bridgehead atoms. The van der Waals surface area contributed by atoms with E-state index in [1.807, 2.05) is 18.5 Å². The van der Waals surface area contributed by atoms with Crippen LogP contribution < -0.4 is 4.90 Å². The molecule has 4 rings (SSSR count). The molecule has 1 aromatic carbocycles. The maximum absolute atomic E-state index is 4.63. The Morgan fingerprint density at radius 2 is 1.83 bits per heavy atom. The minimum absolute atomic E-state index is 0.843. The highest BCUT2D eigenvalue weighted by Gasteiger charge is 2.19. The molecule has 0 fully saturated rings. The van der Waals surface area contributed by atoms with Crippen molar-refractivity contribution < 1.29 is 0 Å². The van der Waals surface area contributed by atoms with Gasteiger partial charge < -0.3 is 9.88 Å². The van der Waals surface area contributed by atoms with E-state index < -0.39 is 0 Å². The van der Waals surface area contributed by atoms with E-state index in [-0.39, 0.29) is 0 Å². The fourth-order valence-corrected chi connectivity index (χ4v) is 2.47. The highest BCUT2D eigenvalue weighted by Crippen LogP contribution is 2.26. The minimum atomic E-state index is 0.843. The van der Waals surface area contributed by atoms with Crippen molar-refractivity contribution in [1.29, 1.82) is 0 Å². The van der Waals surface area contributed by atoms with E-state index >= 15 is 0 Å². The third kappa shape index (κ3) is 1.39. The van der Waals surface area contributed by atoms with Gasteiger partial charge in [0.15, 0.2) is 5.65 Å². The lowest BCUT2D eigenvalue weighted by atomic mass is 10.1. The van der Waals surface area contributed by atoms with Gasteiger partial charge in [-0.1, -0.05) is 24.3 Å². The summed E-state index contributed by atoms with van der Waals surface area (Å²) in [5.74, 6) is 0.943. The van der Waals surface area contributed by atoms with E-state index in [0.717, 1.165) is 30.1 Å². The molecule has 0 saturated carbocycles. The SMILES string of the molecule is c1ccc2c(c1)CN(c1cnc3[nH]ccc3n1)C2. The summed E-state index contributed by atoms with van der Waals surface area (Å²) in [6.07, 6.45) is 3.71. The molecule has 0 unspecified atom stereocenters. The summed E-state index contributed by atoms with van der Waals surface area (Å²) < 4.78 is 0. The molecule has 4 nitrogen and oxygen atoms in total. The normalized spacial score (nSPS) is 14.1. The minimum Gasteiger partial charge on any atom is -0.347 e. The molecule has 3 heterocycles. The molecule has 18 heavy (non-hydrogen) atoms. The molecule has 1 aliphatic heterocycles. The standard InChI is InChI=1S/C14H12N4/c1-2-4-11-9-18(8-10(11)3-1)13-7-16-14-12(17-13)5-6-15-14/h1-7H,8-9H2,(H,15,16). The molecule has 0 saturated heterocycles. The van der Waals surface area contributed by atoms with Crippen molar-refractivity contribution in [1.82, 2.24) is 15.0 Å². The number of nitrogens with one attached hydrogen (secondary N) is 1. The number of anilines is 1. The third-order valence-corrected chi connectivity index (χ3v) is 3.41. The molecule has 4 heteroatoms. The first-order valence-electron chi connectivity index (χ1n) is 6.02. The Bertz CT molecular complexity index is 691. The summed E-state index contributed by atoms with van der Waals surface area (Å²) in [5.41, 5.74) is 4.53.